The van der Waals surface area contributed by atoms with Gasteiger partial charge in [0.05, 0.1) is 7.11 Å². The number of rotatable bonds is 8. The Labute approximate surface area is 209 Å². The summed E-state index contributed by atoms with van der Waals surface area (Å²) in [5.74, 6) is 0.177. The van der Waals surface area contributed by atoms with Crippen molar-refractivity contribution in [3.63, 3.8) is 0 Å². The lowest BCUT2D eigenvalue weighted by atomic mass is 9.93. The third kappa shape index (κ3) is 7.15. The molecule has 0 bridgehead atoms. The summed E-state index contributed by atoms with van der Waals surface area (Å²) in [4.78, 5) is 13.6. The van der Waals surface area contributed by atoms with Crippen molar-refractivity contribution in [1.82, 2.24) is 9.62 Å². The Morgan fingerprint density at radius 1 is 1.30 bits per heavy atom. The molecule has 3 rings (SSSR count). The summed E-state index contributed by atoms with van der Waals surface area (Å²) in [7, 11) is 0.538. The maximum atomic E-state index is 15.4. The first-order valence-electron chi connectivity index (χ1n) is 10.6. The maximum Gasteiger partial charge on any atom is 0.258 e. The minimum atomic E-state index is -1.90. The van der Waals surface area contributed by atoms with Crippen LogP contribution in [0.5, 0.6) is 5.75 Å². The lowest BCUT2D eigenvalue weighted by Gasteiger charge is -2.35. The summed E-state index contributed by atoms with van der Waals surface area (Å²) in [6, 6.07) is 13.6. The topological polar surface area (TPSA) is 58.6 Å². The second kappa shape index (κ2) is 11.6. The summed E-state index contributed by atoms with van der Waals surface area (Å²) in [5, 5.41) is 4.17. The van der Waals surface area contributed by atoms with E-state index in [4.69, 9.17) is 4.74 Å². The van der Waals surface area contributed by atoms with Crippen molar-refractivity contribution < 1.29 is 18.1 Å². The van der Waals surface area contributed by atoms with E-state index in [-0.39, 0.29) is 18.9 Å². The van der Waals surface area contributed by atoms with Crippen LogP contribution in [-0.2, 0) is 15.6 Å². The van der Waals surface area contributed by atoms with Crippen molar-refractivity contribution in [1.29, 1.82) is 0 Å². The first kappa shape index (κ1) is 25.9. The van der Waals surface area contributed by atoms with E-state index >= 15 is 4.39 Å². The van der Waals surface area contributed by atoms with E-state index in [1.165, 1.54) is 5.41 Å². The van der Waals surface area contributed by atoms with Gasteiger partial charge in [-0.3, -0.25) is 9.00 Å². The largest absolute Gasteiger partial charge is 0.497 e. The zero-order valence-corrected chi connectivity index (χ0v) is 22.1. The minimum Gasteiger partial charge on any atom is -0.497 e. The standard InChI is InChI=1S/C24H28BrFN2O3S2/c1-17(9-14-33(3)30)27-23(29)24(26)10-12-28(13-11-24)32-22-8-7-19(25)16-21(22)18-5-4-6-20(15-18)31-2/h4-9,14-17H,10-13H2,1-3H3,(H,27,29)/b14-9-. The fraction of sp³-hybridized carbons (Fsp3) is 0.375. The van der Waals surface area contributed by atoms with E-state index in [1.807, 2.05) is 36.4 Å². The van der Waals surface area contributed by atoms with E-state index in [0.717, 1.165) is 26.2 Å². The van der Waals surface area contributed by atoms with Gasteiger partial charge in [-0.25, -0.2) is 8.70 Å². The number of piperidine rings is 1. The van der Waals surface area contributed by atoms with Gasteiger partial charge in [0.15, 0.2) is 5.67 Å². The Kier molecular flexibility index (Phi) is 9.15. The molecular formula is C24H28BrFN2O3S2. The van der Waals surface area contributed by atoms with Gasteiger partial charge < -0.3 is 10.1 Å². The molecule has 9 heteroatoms. The predicted molar refractivity (Wildman–Crippen MR) is 137 cm³/mol. The smallest absolute Gasteiger partial charge is 0.258 e. The molecule has 1 heterocycles. The van der Waals surface area contributed by atoms with Crippen molar-refractivity contribution in [2.75, 3.05) is 26.5 Å². The Balaban J connectivity index is 1.66. The molecule has 5 nitrogen and oxygen atoms in total. The molecule has 0 saturated carbocycles. The van der Waals surface area contributed by atoms with Crippen molar-refractivity contribution in [3.05, 3.63) is 58.4 Å². The highest BCUT2D eigenvalue weighted by atomic mass is 79.9. The molecule has 2 atom stereocenters. The minimum absolute atomic E-state index is 0.118. The van der Waals surface area contributed by atoms with E-state index in [9.17, 15) is 9.00 Å². The molecule has 0 aromatic heterocycles. The first-order valence-corrected chi connectivity index (χ1v) is 13.8. The van der Waals surface area contributed by atoms with E-state index in [0.29, 0.717) is 13.1 Å². The SMILES string of the molecule is COc1cccc(-c2cc(Br)ccc2SN2CCC(F)(C(=O)NC(C)/C=C\S(C)=O)CC2)c1. The van der Waals surface area contributed by atoms with Gasteiger partial charge in [0.2, 0.25) is 0 Å². The van der Waals surface area contributed by atoms with E-state index in [1.54, 1.807) is 38.3 Å². The van der Waals surface area contributed by atoms with Crippen LogP contribution in [0.3, 0.4) is 0 Å². The zero-order valence-electron chi connectivity index (χ0n) is 18.8. The fourth-order valence-corrected chi connectivity index (χ4v) is 5.37. The van der Waals surface area contributed by atoms with Crippen molar-refractivity contribution >= 4 is 44.6 Å². The highest BCUT2D eigenvalue weighted by Gasteiger charge is 2.42. The molecule has 2 unspecified atom stereocenters. The average Bonchev–Trinajstić information content (AvgIpc) is 2.80. The van der Waals surface area contributed by atoms with Crippen molar-refractivity contribution in [3.8, 4) is 16.9 Å². The Morgan fingerprint density at radius 2 is 2.03 bits per heavy atom. The van der Waals surface area contributed by atoms with Crippen molar-refractivity contribution in [2.24, 2.45) is 0 Å². The molecule has 0 spiro atoms. The quantitative estimate of drug-likeness (QED) is 0.447. The Hall–Kier alpha value is -1.68. The molecule has 1 amide bonds. The number of amides is 1. The number of ether oxygens (including phenoxy) is 1. The molecule has 1 N–H and O–H groups in total. The molecule has 0 radical (unpaired) electrons. The molecule has 1 aliphatic rings. The van der Waals surface area contributed by atoms with Crippen LogP contribution < -0.4 is 10.1 Å². The van der Waals surface area contributed by atoms with Gasteiger partial charge in [-0.2, -0.15) is 0 Å². The van der Waals surface area contributed by atoms with Crippen LogP contribution in [0.25, 0.3) is 11.1 Å². The number of nitrogens with one attached hydrogen (secondary N) is 1. The molecular weight excluding hydrogens is 527 g/mol. The van der Waals surface area contributed by atoms with Crippen LogP contribution in [-0.4, -0.2) is 52.6 Å². The van der Waals surface area contributed by atoms with Crippen LogP contribution in [0.15, 0.2) is 63.3 Å². The summed E-state index contributed by atoms with van der Waals surface area (Å²) in [6.07, 6.45) is 3.40. The summed E-state index contributed by atoms with van der Waals surface area (Å²) in [5.41, 5.74) is 0.182. The molecule has 1 saturated heterocycles. The second-order valence-corrected chi connectivity index (χ2v) is 11.3. The summed E-state index contributed by atoms with van der Waals surface area (Å²) in [6.45, 7) is 2.64. The maximum absolute atomic E-state index is 15.4. The summed E-state index contributed by atoms with van der Waals surface area (Å²) < 4.78 is 35.0. The van der Waals surface area contributed by atoms with Crippen LogP contribution in [0.1, 0.15) is 19.8 Å². The lowest BCUT2D eigenvalue weighted by molar-refractivity contribution is -0.135. The van der Waals surface area contributed by atoms with Crippen LogP contribution >= 0.6 is 27.9 Å². The third-order valence-corrected chi connectivity index (χ3v) is 7.60. The number of nitrogens with zero attached hydrogens (tertiary/aromatic N) is 1. The van der Waals surface area contributed by atoms with Gasteiger partial charge in [0, 0.05) is 63.8 Å². The molecule has 1 fully saturated rings. The highest BCUT2D eigenvalue weighted by Crippen LogP contribution is 2.39. The number of hydrogen-bond donors (Lipinski definition) is 1. The van der Waals surface area contributed by atoms with Gasteiger partial charge in [-0.15, -0.1) is 0 Å². The average molecular weight is 556 g/mol. The fourth-order valence-electron chi connectivity index (χ4n) is 3.51. The number of benzene rings is 2. The van der Waals surface area contributed by atoms with Gasteiger partial charge >= 0.3 is 0 Å². The molecule has 0 aliphatic carbocycles. The van der Waals surface area contributed by atoms with Crippen LogP contribution in [0.2, 0.25) is 0 Å². The number of alkyl halides is 1. The Morgan fingerprint density at radius 3 is 2.70 bits per heavy atom. The summed E-state index contributed by atoms with van der Waals surface area (Å²) >= 11 is 5.13. The van der Waals surface area contributed by atoms with Gasteiger partial charge in [0.25, 0.3) is 5.91 Å². The molecule has 178 valence electrons. The molecule has 1 aliphatic heterocycles. The predicted octanol–water partition coefficient (Wildman–Crippen LogP) is 5.33. The van der Waals surface area contributed by atoms with Crippen molar-refractivity contribution in [2.45, 2.75) is 36.4 Å². The lowest BCUT2D eigenvalue weighted by Crippen LogP contribution is -2.51. The number of methoxy groups -OCH3 is 1. The number of carbonyl (C=O) groups is 1. The highest BCUT2D eigenvalue weighted by molar-refractivity contribution is 9.10. The molecule has 2 aromatic rings. The second-order valence-electron chi connectivity index (χ2n) is 7.95. The normalized spacial score (nSPS) is 18.1. The third-order valence-electron chi connectivity index (χ3n) is 5.39. The number of hydrogen-bond acceptors (Lipinski definition) is 5. The molecule has 33 heavy (non-hydrogen) atoms. The molecule has 2 aromatic carbocycles. The van der Waals surface area contributed by atoms with Crippen LogP contribution in [0, 0.1) is 0 Å². The zero-order chi connectivity index (χ0) is 24.0. The van der Waals surface area contributed by atoms with Gasteiger partial charge in [-0.1, -0.05) is 34.1 Å². The van der Waals surface area contributed by atoms with Crippen LogP contribution in [0.4, 0.5) is 4.39 Å². The number of carbonyl (C=O) groups excluding carboxylic acids is 1. The number of halogens is 2. The first-order chi connectivity index (χ1) is 15.7. The van der Waals surface area contributed by atoms with E-state index < -0.39 is 22.4 Å². The van der Waals surface area contributed by atoms with Gasteiger partial charge in [0.1, 0.15) is 5.75 Å². The van der Waals surface area contributed by atoms with Gasteiger partial charge in [-0.05, 0) is 60.3 Å². The van der Waals surface area contributed by atoms with E-state index in [2.05, 4.69) is 31.6 Å². The monoisotopic (exact) mass is 554 g/mol. The Bertz CT molecular complexity index is 1040.